The van der Waals surface area contributed by atoms with Gasteiger partial charge in [-0.1, -0.05) is 127 Å². The van der Waals surface area contributed by atoms with Crippen molar-refractivity contribution in [3.63, 3.8) is 0 Å². The van der Waals surface area contributed by atoms with E-state index < -0.39 is 0 Å². The zero-order chi connectivity index (χ0) is 31.3. The van der Waals surface area contributed by atoms with Crippen LogP contribution in [0.5, 0.6) is 0 Å². The quantitative estimate of drug-likeness (QED) is 0.178. The zero-order valence-corrected chi connectivity index (χ0v) is 26.1. The van der Waals surface area contributed by atoms with Crippen LogP contribution in [0.25, 0.3) is 65.6 Å². The molecular formula is C45H32N2. The molecule has 1 aromatic heterocycles. The molecule has 0 saturated carbocycles. The number of fused-ring (bicyclic) bond motifs is 5. The normalized spacial score (nSPS) is 11.5. The molecule has 0 unspecified atom stereocenters. The number of aromatic nitrogens is 1. The van der Waals surface area contributed by atoms with Gasteiger partial charge < -0.3 is 9.47 Å². The van der Waals surface area contributed by atoms with Crippen molar-refractivity contribution in [2.45, 2.75) is 0 Å². The summed E-state index contributed by atoms with van der Waals surface area (Å²) in [7, 11) is 2.15. The Balaban J connectivity index is 1.23. The maximum Gasteiger partial charge on any atom is 0.0490 e. The highest BCUT2D eigenvalue weighted by molar-refractivity contribution is 6.21. The second-order valence-electron chi connectivity index (χ2n) is 12.2. The van der Waals surface area contributed by atoms with Crippen molar-refractivity contribution < 1.29 is 0 Å². The number of nitrogens with zero attached hydrogens (tertiary/aromatic N) is 2. The van der Waals surface area contributed by atoms with Gasteiger partial charge in [0.15, 0.2) is 0 Å². The molecule has 0 N–H and O–H groups in total. The van der Waals surface area contributed by atoms with Gasteiger partial charge in [0, 0.05) is 45.9 Å². The summed E-state index contributed by atoms with van der Waals surface area (Å²) in [5.74, 6) is 0. The molecule has 2 heteroatoms. The Kier molecular flexibility index (Phi) is 6.39. The lowest BCUT2D eigenvalue weighted by atomic mass is 9.86. The van der Waals surface area contributed by atoms with Crippen LogP contribution in [-0.2, 0) is 7.05 Å². The molecule has 0 bridgehead atoms. The molecule has 9 aromatic rings. The molecule has 1 heterocycles. The van der Waals surface area contributed by atoms with Crippen LogP contribution in [-0.4, -0.2) is 4.57 Å². The Bertz CT molecular complexity index is 2500. The Morgan fingerprint density at radius 3 is 1.36 bits per heavy atom. The van der Waals surface area contributed by atoms with E-state index in [0.717, 1.165) is 17.1 Å². The number of hydrogen-bond acceptors (Lipinski definition) is 1. The van der Waals surface area contributed by atoms with Crippen molar-refractivity contribution in [1.82, 2.24) is 4.57 Å². The van der Waals surface area contributed by atoms with Crippen LogP contribution in [0.3, 0.4) is 0 Å². The third kappa shape index (κ3) is 4.41. The molecule has 222 valence electrons. The van der Waals surface area contributed by atoms with Gasteiger partial charge in [0.05, 0.1) is 0 Å². The first kappa shape index (κ1) is 27.2. The van der Waals surface area contributed by atoms with Crippen LogP contribution in [0.15, 0.2) is 176 Å². The Morgan fingerprint density at radius 1 is 0.340 bits per heavy atom. The number of benzene rings is 8. The Morgan fingerprint density at radius 2 is 0.766 bits per heavy atom. The fourth-order valence-corrected chi connectivity index (χ4v) is 7.45. The standard InChI is InChI=1S/C45H32N2/c1-46-42-23-13-12-18-36(42)41-30-35(28-29-43(41)46)47(33-16-6-3-7-17-33)34-26-24-32(25-27-34)45-39-21-10-8-19-37(39)44(31-14-4-2-5-15-31)38-20-9-11-22-40(38)45/h2-30H,1H3. The summed E-state index contributed by atoms with van der Waals surface area (Å²) in [6.45, 7) is 0. The first-order chi connectivity index (χ1) is 23.3. The van der Waals surface area contributed by atoms with Gasteiger partial charge in [-0.25, -0.2) is 0 Å². The maximum atomic E-state index is 2.36. The van der Waals surface area contributed by atoms with Gasteiger partial charge >= 0.3 is 0 Å². The van der Waals surface area contributed by atoms with E-state index in [2.05, 4.69) is 192 Å². The summed E-state index contributed by atoms with van der Waals surface area (Å²) in [4.78, 5) is 2.36. The highest BCUT2D eigenvalue weighted by Crippen LogP contribution is 2.45. The second kappa shape index (κ2) is 11.0. The molecule has 9 rings (SSSR count). The van der Waals surface area contributed by atoms with Gasteiger partial charge in [-0.3, -0.25) is 0 Å². The van der Waals surface area contributed by atoms with Crippen LogP contribution in [0.4, 0.5) is 17.1 Å². The number of hydrogen-bond donors (Lipinski definition) is 0. The van der Waals surface area contributed by atoms with Crippen molar-refractivity contribution in [1.29, 1.82) is 0 Å². The molecule has 0 fully saturated rings. The highest BCUT2D eigenvalue weighted by atomic mass is 15.1. The Labute approximate surface area is 274 Å². The summed E-state index contributed by atoms with van der Waals surface area (Å²) >= 11 is 0. The lowest BCUT2D eigenvalue weighted by Gasteiger charge is -2.26. The van der Waals surface area contributed by atoms with Crippen LogP contribution >= 0.6 is 0 Å². The Hall–Kier alpha value is -6.12. The average Bonchev–Trinajstić information content (AvgIpc) is 3.42. The second-order valence-corrected chi connectivity index (χ2v) is 12.2. The first-order valence-electron chi connectivity index (χ1n) is 16.2. The van der Waals surface area contributed by atoms with E-state index in [1.165, 1.54) is 65.6 Å². The predicted molar refractivity (Wildman–Crippen MR) is 201 cm³/mol. The molecule has 0 atom stereocenters. The lowest BCUT2D eigenvalue weighted by Crippen LogP contribution is -2.09. The topological polar surface area (TPSA) is 8.17 Å². The molecule has 0 radical (unpaired) electrons. The molecule has 0 spiro atoms. The molecule has 8 aromatic carbocycles. The van der Waals surface area contributed by atoms with Crippen molar-refractivity contribution in [3.05, 3.63) is 176 Å². The van der Waals surface area contributed by atoms with Crippen LogP contribution in [0, 0.1) is 0 Å². The molecule has 0 amide bonds. The number of rotatable bonds is 5. The summed E-state index contributed by atoms with van der Waals surface area (Å²) in [6.07, 6.45) is 0. The summed E-state index contributed by atoms with van der Waals surface area (Å²) in [6, 6.07) is 63.7. The zero-order valence-electron chi connectivity index (χ0n) is 26.1. The van der Waals surface area contributed by atoms with Crippen molar-refractivity contribution in [3.8, 4) is 22.3 Å². The monoisotopic (exact) mass is 600 g/mol. The molecule has 0 aliphatic carbocycles. The summed E-state index contributed by atoms with van der Waals surface area (Å²) in [5, 5.41) is 7.59. The van der Waals surface area contributed by atoms with E-state index >= 15 is 0 Å². The van der Waals surface area contributed by atoms with E-state index in [1.54, 1.807) is 0 Å². The molecule has 0 aliphatic heterocycles. The van der Waals surface area contributed by atoms with Crippen molar-refractivity contribution >= 4 is 60.4 Å². The first-order valence-corrected chi connectivity index (χ1v) is 16.2. The van der Waals surface area contributed by atoms with Gasteiger partial charge in [0.1, 0.15) is 0 Å². The van der Waals surface area contributed by atoms with Crippen LogP contribution < -0.4 is 4.90 Å². The number of aryl methyl sites for hydroxylation is 1. The van der Waals surface area contributed by atoms with Gasteiger partial charge in [-0.05, 0) is 92.3 Å². The van der Waals surface area contributed by atoms with Crippen LogP contribution in [0.2, 0.25) is 0 Å². The van der Waals surface area contributed by atoms with E-state index in [4.69, 9.17) is 0 Å². The van der Waals surface area contributed by atoms with Gasteiger partial charge in [-0.2, -0.15) is 0 Å². The van der Waals surface area contributed by atoms with E-state index in [9.17, 15) is 0 Å². The third-order valence-corrected chi connectivity index (χ3v) is 9.58. The van der Waals surface area contributed by atoms with Crippen molar-refractivity contribution in [2.75, 3.05) is 4.90 Å². The van der Waals surface area contributed by atoms with Crippen molar-refractivity contribution in [2.24, 2.45) is 7.05 Å². The summed E-state index contributed by atoms with van der Waals surface area (Å²) in [5.41, 5.74) is 10.9. The number of para-hydroxylation sites is 2. The maximum absolute atomic E-state index is 2.36. The largest absolute Gasteiger partial charge is 0.344 e. The molecule has 47 heavy (non-hydrogen) atoms. The number of anilines is 3. The van der Waals surface area contributed by atoms with E-state index in [1.807, 2.05) is 0 Å². The van der Waals surface area contributed by atoms with Gasteiger partial charge in [0.25, 0.3) is 0 Å². The molecular weight excluding hydrogens is 569 g/mol. The lowest BCUT2D eigenvalue weighted by molar-refractivity contribution is 1.01. The minimum absolute atomic E-state index is 1.12. The molecule has 2 nitrogen and oxygen atoms in total. The van der Waals surface area contributed by atoms with E-state index in [-0.39, 0.29) is 0 Å². The molecule has 0 aliphatic rings. The van der Waals surface area contributed by atoms with E-state index in [0.29, 0.717) is 0 Å². The van der Waals surface area contributed by atoms with Gasteiger partial charge in [-0.15, -0.1) is 0 Å². The minimum atomic E-state index is 1.12. The highest BCUT2D eigenvalue weighted by Gasteiger charge is 2.18. The average molecular weight is 601 g/mol. The fourth-order valence-electron chi connectivity index (χ4n) is 7.45. The minimum Gasteiger partial charge on any atom is -0.344 e. The van der Waals surface area contributed by atoms with Gasteiger partial charge in [0.2, 0.25) is 0 Å². The third-order valence-electron chi connectivity index (χ3n) is 9.58. The summed E-state index contributed by atoms with van der Waals surface area (Å²) < 4.78 is 2.29. The fraction of sp³-hybridized carbons (Fsp3) is 0.0222. The SMILES string of the molecule is Cn1c2ccccc2c2cc(N(c3ccccc3)c3ccc(-c4c5ccccc5c(-c5ccccc5)c5ccccc45)cc3)ccc21. The smallest absolute Gasteiger partial charge is 0.0490 e. The predicted octanol–water partition coefficient (Wildman–Crippen LogP) is 12.4. The molecule has 0 saturated heterocycles. The van der Waals surface area contributed by atoms with Crippen LogP contribution in [0.1, 0.15) is 0 Å².